The molecule has 0 fully saturated rings. The summed E-state index contributed by atoms with van der Waals surface area (Å²) < 4.78 is 41.0. The van der Waals surface area contributed by atoms with E-state index in [1.54, 1.807) is 25.1 Å². The van der Waals surface area contributed by atoms with Gasteiger partial charge in [0, 0.05) is 11.6 Å². The molecule has 0 aliphatic rings. The molecule has 0 saturated heterocycles. The van der Waals surface area contributed by atoms with Gasteiger partial charge in [-0.1, -0.05) is 25.1 Å². The van der Waals surface area contributed by atoms with Crippen molar-refractivity contribution in [1.29, 1.82) is 0 Å². The van der Waals surface area contributed by atoms with Crippen molar-refractivity contribution in [3.8, 4) is 0 Å². The van der Waals surface area contributed by atoms with Gasteiger partial charge in [0.1, 0.15) is 17.5 Å². The molecule has 0 bridgehead atoms. The fourth-order valence-electron chi connectivity index (χ4n) is 2.25. The molecule has 0 aliphatic heterocycles. The summed E-state index contributed by atoms with van der Waals surface area (Å²) in [6, 6.07) is 7.68. The Bertz CT molecular complexity index is 590. The third kappa shape index (κ3) is 3.02. The van der Waals surface area contributed by atoms with Crippen molar-refractivity contribution in [1.82, 2.24) is 5.32 Å². The predicted octanol–water partition coefficient (Wildman–Crippen LogP) is 4.11. The molecular weight excluding hydrogens is 263 g/mol. The predicted molar refractivity (Wildman–Crippen MR) is 73.0 cm³/mol. The Hall–Kier alpha value is -1.81. The first-order chi connectivity index (χ1) is 9.52. The van der Waals surface area contributed by atoms with Gasteiger partial charge in [0.2, 0.25) is 0 Å². The third-order valence-electron chi connectivity index (χ3n) is 3.16. The fourth-order valence-corrected chi connectivity index (χ4v) is 2.25. The molecule has 2 aromatic carbocycles. The van der Waals surface area contributed by atoms with Gasteiger partial charge < -0.3 is 5.32 Å². The summed E-state index contributed by atoms with van der Waals surface area (Å²) in [4.78, 5) is 0. The zero-order chi connectivity index (χ0) is 14.7. The van der Waals surface area contributed by atoms with Crippen LogP contribution in [0, 0.1) is 24.4 Å². The molecule has 0 aliphatic carbocycles. The van der Waals surface area contributed by atoms with Gasteiger partial charge >= 0.3 is 0 Å². The maximum atomic E-state index is 14.2. The lowest BCUT2D eigenvalue weighted by Gasteiger charge is -2.20. The second kappa shape index (κ2) is 6.09. The molecule has 0 saturated carbocycles. The molecule has 2 aromatic rings. The number of hydrogen-bond acceptors (Lipinski definition) is 1. The smallest absolute Gasteiger partial charge is 0.131 e. The second-order valence-electron chi connectivity index (χ2n) is 4.67. The maximum absolute atomic E-state index is 14.2. The SMILES string of the molecule is CCNC(c1cc(F)cc(F)c1)c1cccc(C)c1F. The molecule has 1 atom stereocenters. The quantitative estimate of drug-likeness (QED) is 0.888. The van der Waals surface area contributed by atoms with Gasteiger partial charge in [0.25, 0.3) is 0 Å². The number of benzene rings is 2. The fraction of sp³-hybridized carbons (Fsp3) is 0.250. The molecule has 0 amide bonds. The first-order valence-corrected chi connectivity index (χ1v) is 6.47. The Morgan fingerprint density at radius 3 is 2.30 bits per heavy atom. The minimum absolute atomic E-state index is 0.358. The number of rotatable bonds is 4. The van der Waals surface area contributed by atoms with Gasteiger partial charge in [-0.2, -0.15) is 0 Å². The van der Waals surface area contributed by atoms with Crippen LogP contribution in [-0.4, -0.2) is 6.54 Å². The lowest BCUT2D eigenvalue weighted by molar-refractivity contribution is 0.540. The molecule has 1 N–H and O–H groups in total. The van der Waals surface area contributed by atoms with Crippen LogP contribution in [0.1, 0.15) is 29.7 Å². The van der Waals surface area contributed by atoms with E-state index in [0.29, 0.717) is 23.2 Å². The highest BCUT2D eigenvalue weighted by molar-refractivity contribution is 5.35. The molecule has 20 heavy (non-hydrogen) atoms. The average molecular weight is 279 g/mol. The summed E-state index contributed by atoms with van der Waals surface area (Å²) in [5.74, 6) is -1.70. The minimum atomic E-state index is -0.670. The maximum Gasteiger partial charge on any atom is 0.131 e. The first-order valence-electron chi connectivity index (χ1n) is 6.47. The number of aryl methyl sites for hydroxylation is 1. The molecule has 106 valence electrons. The Kier molecular flexibility index (Phi) is 4.45. The Balaban J connectivity index is 2.53. The van der Waals surface area contributed by atoms with E-state index in [-0.39, 0.29) is 5.82 Å². The van der Waals surface area contributed by atoms with Crippen molar-refractivity contribution in [3.63, 3.8) is 0 Å². The minimum Gasteiger partial charge on any atom is -0.306 e. The van der Waals surface area contributed by atoms with Gasteiger partial charge in [-0.15, -0.1) is 0 Å². The third-order valence-corrected chi connectivity index (χ3v) is 3.16. The van der Waals surface area contributed by atoms with E-state index >= 15 is 0 Å². The molecule has 0 heterocycles. The monoisotopic (exact) mass is 279 g/mol. The summed E-state index contributed by atoms with van der Waals surface area (Å²) in [6.07, 6.45) is 0. The van der Waals surface area contributed by atoms with Crippen molar-refractivity contribution in [2.45, 2.75) is 19.9 Å². The highest BCUT2D eigenvalue weighted by Gasteiger charge is 2.19. The van der Waals surface area contributed by atoms with Crippen LogP contribution in [-0.2, 0) is 0 Å². The summed E-state index contributed by atoms with van der Waals surface area (Å²) in [5.41, 5.74) is 1.26. The van der Waals surface area contributed by atoms with Crippen LogP contribution in [0.5, 0.6) is 0 Å². The largest absolute Gasteiger partial charge is 0.306 e. The Labute approximate surface area is 116 Å². The standard InChI is InChI=1S/C16H16F3N/c1-3-20-16(11-7-12(17)9-13(18)8-11)14-6-4-5-10(2)15(14)19/h4-9,16,20H,3H2,1-2H3. The van der Waals surface area contributed by atoms with Crippen molar-refractivity contribution in [3.05, 3.63) is 70.5 Å². The molecular formula is C16H16F3N. The van der Waals surface area contributed by atoms with Gasteiger partial charge in [-0.3, -0.25) is 0 Å². The van der Waals surface area contributed by atoms with E-state index in [1.807, 2.05) is 6.92 Å². The van der Waals surface area contributed by atoms with Crippen LogP contribution in [0.15, 0.2) is 36.4 Å². The first kappa shape index (κ1) is 14.6. The molecule has 1 nitrogen and oxygen atoms in total. The molecule has 2 rings (SSSR count). The zero-order valence-electron chi connectivity index (χ0n) is 11.4. The van der Waals surface area contributed by atoms with Crippen LogP contribution in [0.3, 0.4) is 0 Å². The van der Waals surface area contributed by atoms with E-state index in [4.69, 9.17) is 0 Å². The highest BCUT2D eigenvalue weighted by Crippen LogP contribution is 2.27. The zero-order valence-corrected chi connectivity index (χ0v) is 11.4. The van der Waals surface area contributed by atoms with Crippen LogP contribution in [0.4, 0.5) is 13.2 Å². The van der Waals surface area contributed by atoms with Gasteiger partial charge in [-0.05, 0) is 36.7 Å². The summed E-state index contributed by atoms with van der Waals surface area (Å²) in [5, 5.41) is 3.06. The second-order valence-corrected chi connectivity index (χ2v) is 4.67. The molecule has 1 unspecified atom stereocenters. The summed E-state index contributed by atoms with van der Waals surface area (Å²) in [6.45, 7) is 4.07. The molecule has 0 radical (unpaired) electrons. The van der Waals surface area contributed by atoms with E-state index in [2.05, 4.69) is 5.32 Å². The van der Waals surface area contributed by atoms with Crippen molar-refractivity contribution >= 4 is 0 Å². The number of nitrogens with one attached hydrogen (secondary N) is 1. The molecule has 0 spiro atoms. The lowest BCUT2D eigenvalue weighted by atomic mass is 9.96. The molecule has 0 aromatic heterocycles. The van der Waals surface area contributed by atoms with Crippen LogP contribution < -0.4 is 5.32 Å². The summed E-state index contributed by atoms with van der Waals surface area (Å²) >= 11 is 0. The van der Waals surface area contributed by atoms with Crippen LogP contribution >= 0.6 is 0 Å². The van der Waals surface area contributed by atoms with Crippen LogP contribution in [0.2, 0.25) is 0 Å². The number of hydrogen-bond donors (Lipinski definition) is 1. The van der Waals surface area contributed by atoms with Crippen molar-refractivity contribution < 1.29 is 13.2 Å². The van der Waals surface area contributed by atoms with E-state index < -0.39 is 17.7 Å². The normalized spacial score (nSPS) is 12.4. The van der Waals surface area contributed by atoms with Gasteiger partial charge in [-0.25, -0.2) is 13.2 Å². The average Bonchev–Trinajstić information content (AvgIpc) is 2.38. The highest BCUT2D eigenvalue weighted by atomic mass is 19.1. The van der Waals surface area contributed by atoms with Crippen molar-refractivity contribution in [2.24, 2.45) is 0 Å². The number of halogens is 3. The van der Waals surface area contributed by atoms with Crippen molar-refractivity contribution in [2.75, 3.05) is 6.54 Å². The van der Waals surface area contributed by atoms with Gasteiger partial charge in [0.15, 0.2) is 0 Å². The summed E-state index contributed by atoms with van der Waals surface area (Å²) in [7, 11) is 0. The van der Waals surface area contributed by atoms with Gasteiger partial charge in [0.05, 0.1) is 6.04 Å². The van der Waals surface area contributed by atoms with Crippen LogP contribution in [0.25, 0.3) is 0 Å². The van der Waals surface area contributed by atoms with E-state index in [0.717, 1.165) is 6.07 Å². The molecule has 4 heteroatoms. The van der Waals surface area contributed by atoms with E-state index in [9.17, 15) is 13.2 Å². The lowest BCUT2D eigenvalue weighted by Crippen LogP contribution is -2.23. The Morgan fingerprint density at radius 1 is 1.05 bits per heavy atom. The van der Waals surface area contributed by atoms with E-state index in [1.165, 1.54) is 12.1 Å². The topological polar surface area (TPSA) is 12.0 Å². The Morgan fingerprint density at radius 2 is 1.70 bits per heavy atom.